The molecule has 0 aliphatic heterocycles. The molecule has 1 saturated carbocycles. The fourth-order valence-corrected chi connectivity index (χ4v) is 4.12. The molecule has 0 heterocycles. The predicted octanol–water partition coefficient (Wildman–Crippen LogP) is 6.50. The van der Waals surface area contributed by atoms with E-state index in [1.165, 1.54) is 37.7 Å². The summed E-state index contributed by atoms with van der Waals surface area (Å²) in [4.78, 5) is 0. The van der Waals surface area contributed by atoms with Gasteiger partial charge in [-0.05, 0) is 55.2 Å². The van der Waals surface area contributed by atoms with Crippen LogP contribution in [-0.2, 0) is 13.2 Å². The summed E-state index contributed by atoms with van der Waals surface area (Å²) in [5.74, 6) is 1.52. The number of hydrogen-bond donors (Lipinski definition) is 1. The van der Waals surface area contributed by atoms with Gasteiger partial charge in [0.15, 0.2) is 11.5 Å². The zero-order chi connectivity index (χ0) is 19.1. The molecule has 2 aromatic carbocycles. The molecular formula is C22H27BrClNO2. The zero-order valence-corrected chi connectivity index (χ0v) is 18.1. The summed E-state index contributed by atoms with van der Waals surface area (Å²) in [7, 11) is 0. The molecule has 3 nitrogen and oxygen atoms in total. The van der Waals surface area contributed by atoms with Crippen LogP contribution in [0, 0.1) is 0 Å². The average molecular weight is 453 g/mol. The van der Waals surface area contributed by atoms with E-state index in [1.54, 1.807) is 0 Å². The van der Waals surface area contributed by atoms with Crippen LogP contribution in [0.3, 0.4) is 0 Å². The van der Waals surface area contributed by atoms with Crippen molar-refractivity contribution in [2.24, 2.45) is 0 Å². The summed E-state index contributed by atoms with van der Waals surface area (Å²) >= 11 is 9.76. The molecule has 0 unspecified atom stereocenters. The Kier molecular flexibility index (Phi) is 7.86. The molecule has 1 N–H and O–H groups in total. The highest BCUT2D eigenvalue weighted by molar-refractivity contribution is 9.10. The predicted molar refractivity (Wildman–Crippen MR) is 115 cm³/mol. The summed E-state index contributed by atoms with van der Waals surface area (Å²) in [5.41, 5.74) is 2.23. The molecule has 1 aliphatic carbocycles. The second kappa shape index (κ2) is 10.4. The van der Waals surface area contributed by atoms with E-state index in [1.807, 2.05) is 37.3 Å². The van der Waals surface area contributed by atoms with Crippen molar-refractivity contribution < 1.29 is 9.47 Å². The summed E-state index contributed by atoms with van der Waals surface area (Å²) in [6.07, 6.45) is 6.58. The molecule has 0 atom stereocenters. The van der Waals surface area contributed by atoms with Crippen LogP contribution in [0.5, 0.6) is 11.5 Å². The van der Waals surface area contributed by atoms with Gasteiger partial charge in [-0.2, -0.15) is 0 Å². The van der Waals surface area contributed by atoms with E-state index in [9.17, 15) is 0 Å². The Bertz CT molecular complexity index is 747. The van der Waals surface area contributed by atoms with Crippen molar-refractivity contribution in [1.82, 2.24) is 5.32 Å². The largest absolute Gasteiger partial charge is 0.490 e. The Hall–Kier alpha value is -1.23. The van der Waals surface area contributed by atoms with Crippen LogP contribution in [0.1, 0.15) is 50.2 Å². The number of ether oxygens (including phenoxy) is 2. The van der Waals surface area contributed by atoms with Gasteiger partial charge in [0.1, 0.15) is 6.61 Å². The van der Waals surface area contributed by atoms with Crippen molar-refractivity contribution in [3.63, 3.8) is 0 Å². The Morgan fingerprint density at radius 1 is 1.07 bits per heavy atom. The number of hydrogen-bond acceptors (Lipinski definition) is 3. The molecule has 1 fully saturated rings. The van der Waals surface area contributed by atoms with E-state index in [-0.39, 0.29) is 0 Å². The van der Waals surface area contributed by atoms with Crippen LogP contribution in [0.2, 0.25) is 5.02 Å². The van der Waals surface area contributed by atoms with Crippen LogP contribution in [0.4, 0.5) is 0 Å². The van der Waals surface area contributed by atoms with E-state index >= 15 is 0 Å². The lowest BCUT2D eigenvalue weighted by atomic mass is 9.95. The Balaban J connectivity index is 1.68. The molecule has 0 bridgehead atoms. The smallest absolute Gasteiger partial charge is 0.162 e. The minimum atomic E-state index is 0.451. The summed E-state index contributed by atoms with van der Waals surface area (Å²) < 4.78 is 12.9. The van der Waals surface area contributed by atoms with Gasteiger partial charge in [-0.25, -0.2) is 0 Å². The monoisotopic (exact) mass is 451 g/mol. The molecular weight excluding hydrogens is 426 g/mol. The molecule has 146 valence electrons. The minimum Gasteiger partial charge on any atom is -0.490 e. The number of halogens is 2. The highest BCUT2D eigenvalue weighted by Crippen LogP contribution is 2.35. The van der Waals surface area contributed by atoms with Crippen LogP contribution < -0.4 is 14.8 Å². The minimum absolute atomic E-state index is 0.451. The van der Waals surface area contributed by atoms with Crippen LogP contribution >= 0.6 is 27.5 Å². The van der Waals surface area contributed by atoms with E-state index in [0.717, 1.165) is 28.1 Å². The first-order chi connectivity index (χ1) is 13.2. The van der Waals surface area contributed by atoms with E-state index in [4.69, 9.17) is 21.1 Å². The highest BCUT2D eigenvalue weighted by atomic mass is 79.9. The molecule has 0 saturated heterocycles. The van der Waals surface area contributed by atoms with Crippen LogP contribution in [0.15, 0.2) is 40.9 Å². The Morgan fingerprint density at radius 2 is 1.85 bits per heavy atom. The van der Waals surface area contributed by atoms with E-state index in [2.05, 4.69) is 27.3 Å². The van der Waals surface area contributed by atoms with E-state index in [0.29, 0.717) is 24.3 Å². The van der Waals surface area contributed by atoms with Crippen molar-refractivity contribution in [3.8, 4) is 11.5 Å². The molecule has 5 heteroatoms. The molecule has 0 spiro atoms. The molecule has 0 radical (unpaired) electrons. The second-order valence-corrected chi connectivity index (χ2v) is 8.25. The third-order valence-electron chi connectivity index (χ3n) is 4.88. The van der Waals surface area contributed by atoms with Gasteiger partial charge in [0.2, 0.25) is 0 Å². The first-order valence-electron chi connectivity index (χ1n) is 9.71. The molecule has 0 amide bonds. The standard InChI is InChI=1S/C22H27BrClNO2/c1-2-26-21-12-17(14-25-19-9-4-3-5-10-19)20(23)13-22(21)27-15-16-7-6-8-18(24)11-16/h6-8,11-13,19,25H,2-5,9-10,14-15H2,1H3. The van der Waals surface area contributed by atoms with Crippen molar-refractivity contribution >= 4 is 27.5 Å². The summed E-state index contributed by atoms with van der Waals surface area (Å²) in [6.45, 7) is 3.88. The Labute approximate surface area is 175 Å². The first kappa shape index (κ1) is 20.5. The Morgan fingerprint density at radius 3 is 2.59 bits per heavy atom. The SMILES string of the molecule is CCOc1cc(CNC2CCCCC2)c(Br)cc1OCc1cccc(Cl)c1. The third-order valence-corrected chi connectivity index (χ3v) is 5.86. The lowest BCUT2D eigenvalue weighted by molar-refractivity contribution is 0.268. The second-order valence-electron chi connectivity index (χ2n) is 6.96. The van der Waals surface area contributed by atoms with Crippen molar-refractivity contribution in [2.45, 2.75) is 58.2 Å². The van der Waals surface area contributed by atoms with Gasteiger partial charge in [-0.3, -0.25) is 0 Å². The number of rotatable bonds is 8. The fraction of sp³-hybridized carbons (Fsp3) is 0.455. The average Bonchev–Trinajstić information content (AvgIpc) is 2.68. The maximum Gasteiger partial charge on any atom is 0.162 e. The summed E-state index contributed by atoms with van der Waals surface area (Å²) in [5, 5.41) is 4.40. The van der Waals surface area contributed by atoms with Crippen LogP contribution in [-0.4, -0.2) is 12.6 Å². The molecule has 2 aromatic rings. The van der Waals surface area contributed by atoms with Crippen molar-refractivity contribution in [2.75, 3.05) is 6.61 Å². The van der Waals surface area contributed by atoms with Crippen molar-refractivity contribution in [1.29, 1.82) is 0 Å². The van der Waals surface area contributed by atoms with Crippen molar-refractivity contribution in [3.05, 3.63) is 57.0 Å². The maximum atomic E-state index is 6.06. The quantitative estimate of drug-likeness (QED) is 0.495. The van der Waals surface area contributed by atoms with E-state index < -0.39 is 0 Å². The fourth-order valence-electron chi connectivity index (χ4n) is 3.44. The molecule has 0 aromatic heterocycles. The molecule has 27 heavy (non-hydrogen) atoms. The van der Waals surface area contributed by atoms with Gasteiger partial charge in [-0.15, -0.1) is 0 Å². The maximum absolute atomic E-state index is 6.06. The lowest BCUT2D eigenvalue weighted by Gasteiger charge is -2.23. The normalized spacial score (nSPS) is 14.9. The lowest BCUT2D eigenvalue weighted by Crippen LogP contribution is -2.30. The number of benzene rings is 2. The van der Waals surface area contributed by atoms with Gasteiger partial charge in [0.25, 0.3) is 0 Å². The van der Waals surface area contributed by atoms with Gasteiger partial charge in [-0.1, -0.05) is 58.9 Å². The van der Waals surface area contributed by atoms with Crippen LogP contribution in [0.25, 0.3) is 0 Å². The topological polar surface area (TPSA) is 30.5 Å². The molecule has 1 aliphatic rings. The molecule has 3 rings (SSSR count). The summed E-state index contributed by atoms with van der Waals surface area (Å²) in [6, 6.07) is 12.4. The zero-order valence-electron chi connectivity index (χ0n) is 15.8. The van der Waals surface area contributed by atoms with Gasteiger partial charge < -0.3 is 14.8 Å². The van der Waals surface area contributed by atoms with Gasteiger partial charge in [0, 0.05) is 22.1 Å². The third kappa shape index (κ3) is 6.13. The highest BCUT2D eigenvalue weighted by Gasteiger charge is 2.15. The first-order valence-corrected chi connectivity index (χ1v) is 10.9. The van der Waals surface area contributed by atoms with Gasteiger partial charge >= 0.3 is 0 Å². The number of nitrogens with one attached hydrogen (secondary N) is 1. The van der Waals surface area contributed by atoms with Gasteiger partial charge in [0.05, 0.1) is 6.61 Å².